The molecule has 0 unspecified atom stereocenters. The first-order valence-corrected chi connectivity index (χ1v) is 1.63. The topological polar surface area (TPSA) is 91.8 Å². The van der Waals surface area contributed by atoms with E-state index in [1.807, 2.05) is 0 Å². The summed E-state index contributed by atoms with van der Waals surface area (Å²) in [6, 6.07) is 0. The van der Waals surface area contributed by atoms with Crippen molar-refractivity contribution >= 4 is 119 Å². The second-order valence-corrected chi connectivity index (χ2v) is 1.06. The van der Waals surface area contributed by atoms with Gasteiger partial charge in [-0.3, -0.25) is 0 Å². The summed E-state index contributed by atoms with van der Waals surface area (Å²) < 4.78 is 3.58. The molecule has 1 fully saturated rings. The Morgan fingerprint density at radius 2 is 1.64 bits per heavy atom. The molecule has 2 N–H and O–H groups in total. The van der Waals surface area contributed by atoms with Gasteiger partial charge in [-0.05, 0) is 0 Å². The first kappa shape index (κ1) is 19.5. The number of rotatable bonds is 1. The third-order valence-electron chi connectivity index (χ3n) is 0.442. The minimum absolute atomic E-state index is 0. The minimum atomic E-state index is -2.33. The fraction of sp³-hybridized carbons (Fsp3) is 0.500. The van der Waals surface area contributed by atoms with E-state index in [1.54, 1.807) is 0 Å². The van der Waals surface area contributed by atoms with Crippen LogP contribution in [-0.2, 0) is 14.5 Å². The molecule has 1 aliphatic rings. The number of hydrogen-bond acceptors (Lipinski definition) is 5. The molecule has 0 atom stereocenters. The summed E-state index contributed by atoms with van der Waals surface area (Å²) in [5.41, 5.74) is 0. The van der Waals surface area contributed by atoms with Gasteiger partial charge in [-0.25, -0.2) is 4.79 Å². The third-order valence-corrected chi connectivity index (χ3v) is 0.442. The molecule has 0 bridgehead atoms. The molecule has 0 aliphatic carbocycles. The van der Waals surface area contributed by atoms with E-state index in [0.717, 1.165) is 0 Å². The van der Waals surface area contributed by atoms with Crippen molar-refractivity contribution in [3.8, 4) is 0 Å². The Morgan fingerprint density at radius 1 is 1.27 bits per heavy atom. The van der Waals surface area contributed by atoms with Crippen LogP contribution in [0.5, 0.6) is 0 Å². The first-order valence-electron chi connectivity index (χ1n) is 1.63. The molecule has 1 heterocycles. The summed E-state index contributed by atoms with van der Waals surface area (Å²) in [5, 5.41) is 16.0. The number of aliphatic hydroxyl groups is 1. The van der Waals surface area contributed by atoms with Gasteiger partial charge in [0, 0.05) is 0 Å². The Labute approximate surface area is 151 Å². The van der Waals surface area contributed by atoms with Crippen LogP contribution < -0.4 is 0 Å². The fourth-order valence-electron chi connectivity index (χ4n) is 0.180. The second-order valence-electron chi connectivity index (χ2n) is 1.06. The van der Waals surface area contributed by atoms with Crippen molar-refractivity contribution in [3.63, 3.8) is 0 Å². The Kier molecular flexibility index (Phi) is 14.6. The summed E-state index contributed by atoms with van der Waals surface area (Å²) in [5.74, 6) is 0. The van der Waals surface area contributed by atoms with Gasteiger partial charge in [0.15, 0.2) is 0 Å². The molecule has 0 spiro atoms. The van der Waals surface area contributed by atoms with Crippen LogP contribution in [0.3, 0.4) is 0 Å². The van der Waals surface area contributed by atoms with Gasteiger partial charge in [0.05, 0.1) is 0 Å². The van der Waals surface area contributed by atoms with E-state index in [2.05, 4.69) is 14.5 Å². The maximum atomic E-state index is 9.51. The standard InChI is InChI=1S/C2H2O6.3Ca.6H/c3-1(4)6-2(5)7-8-2;;;;;;;;;/h5H,(H,3,4);;;;;;;;;. The van der Waals surface area contributed by atoms with E-state index >= 15 is 0 Å². The van der Waals surface area contributed by atoms with E-state index in [9.17, 15) is 4.79 Å². The molecular weight excluding hydrogens is 240 g/mol. The number of hydrogen-bond donors (Lipinski definition) is 2. The molecule has 0 aromatic heterocycles. The molecule has 1 rings (SSSR count). The van der Waals surface area contributed by atoms with Gasteiger partial charge in [0.25, 0.3) is 0 Å². The van der Waals surface area contributed by atoms with E-state index < -0.39 is 12.3 Å². The monoisotopic (exact) mass is 248 g/mol. The number of ether oxygens (including phenoxy) is 1. The molecule has 1 saturated heterocycles. The molecule has 58 valence electrons. The summed E-state index contributed by atoms with van der Waals surface area (Å²) >= 11 is 0. The summed E-state index contributed by atoms with van der Waals surface area (Å²) in [6.07, 6.45) is -3.99. The number of carboxylic acid groups (broad SMARTS) is 1. The van der Waals surface area contributed by atoms with Crippen molar-refractivity contribution in [1.82, 2.24) is 0 Å². The average molecular weight is 248 g/mol. The molecule has 0 saturated carbocycles. The van der Waals surface area contributed by atoms with E-state index in [4.69, 9.17) is 10.2 Å². The van der Waals surface area contributed by atoms with E-state index in [0.29, 0.717) is 0 Å². The zero-order valence-electron chi connectivity index (χ0n) is 3.53. The van der Waals surface area contributed by atoms with Crippen LogP contribution in [0.4, 0.5) is 4.79 Å². The molecule has 6 nitrogen and oxygen atoms in total. The second kappa shape index (κ2) is 8.26. The van der Waals surface area contributed by atoms with Crippen LogP contribution in [0.1, 0.15) is 0 Å². The number of carbonyl (C=O) groups is 1. The molecule has 0 aromatic carbocycles. The van der Waals surface area contributed by atoms with Crippen molar-refractivity contribution in [2.75, 3.05) is 0 Å². The quantitative estimate of drug-likeness (QED) is 0.164. The fourth-order valence-corrected chi connectivity index (χ4v) is 0.180. The van der Waals surface area contributed by atoms with Crippen molar-refractivity contribution in [2.45, 2.75) is 6.16 Å². The zero-order chi connectivity index (χ0) is 6.20. The van der Waals surface area contributed by atoms with Crippen molar-refractivity contribution < 1.29 is 29.5 Å². The summed E-state index contributed by atoms with van der Waals surface area (Å²) in [4.78, 5) is 16.8. The van der Waals surface area contributed by atoms with Crippen LogP contribution in [-0.4, -0.2) is 136 Å². The Hall–Kier alpha value is 2.93. The van der Waals surface area contributed by atoms with E-state index in [1.165, 1.54) is 0 Å². The maximum absolute atomic E-state index is 9.51. The normalized spacial score (nSPS) is 16.1. The third kappa shape index (κ3) is 9.24. The average Bonchev–Trinajstić information content (AvgIpc) is 2.17. The predicted octanol–water partition coefficient (Wildman–Crippen LogP) is -3.50. The van der Waals surface area contributed by atoms with Gasteiger partial charge in [-0.2, -0.15) is 0 Å². The molecule has 11 heavy (non-hydrogen) atoms. The summed E-state index contributed by atoms with van der Waals surface area (Å²) in [6.45, 7) is 0. The Morgan fingerprint density at radius 3 is 1.73 bits per heavy atom. The molecule has 9 heteroatoms. The van der Waals surface area contributed by atoms with Gasteiger partial charge in [0.1, 0.15) is 0 Å². The van der Waals surface area contributed by atoms with Crippen molar-refractivity contribution in [1.29, 1.82) is 0 Å². The Balaban J connectivity index is -0.000000213. The SMILES string of the molecule is O=C(O)OC1(O)OO1.[CaH2].[CaH2].[CaH2]. The first-order chi connectivity index (χ1) is 3.62. The van der Waals surface area contributed by atoms with Gasteiger partial charge in [-0.15, -0.1) is 9.78 Å². The van der Waals surface area contributed by atoms with Crippen molar-refractivity contribution in [3.05, 3.63) is 0 Å². The van der Waals surface area contributed by atoms with Crippen molar-refractivity contribution in [2.24, 2.45) is 0 Å². The van der Waals surface area contributed by atoms with Gasteiger partial charge in [0.2, 0.25) is 0 Å². The molecule has 0 amide bonds. The van der Waals surface area contributed by atoms with E-state index in [-0.39, 0.29) is 113 Å². The molecular formula is C2H8Ca3O6. The van der Waals surface area contributed by atoms with Crippen LogP contribution >= 0.6 is 0 Å². The molecule has 0 radical (unpaired) electrons. The predicted molar refractivity (Wildman–Crippen MR) is 41.9 cm³/mol. The van der Waals surface area contributed by atoms with Gasteiger partial charge in [-0.1, -0.05) is 0 Å². The molecule has 1 aliphatic heterocycles. The molecule has 0 aromatic rings. The van der Waals surface area contributed by atoms with Crippen LogP contribution in [0.15, 0.2) is 0 Å². The Bertz CT molecular complexity index is 123. The van der Waals surface area contributed by atoms with Gasteiger partial charge < -0.3 is 14.9 Å². The zero-order valence-corrected chi connectivity index (χ0v) is 3.53. The van der Waals surface area contributed by atoms with Crippen LogP contribution in [0, 0.1) is 0 Å². The summed E-state index contributed by atoms with van der Waals surface area (Å²) in [7, 11) is 0. The van der Waals surface area contributed by atoms with Gasteiger partial charge >= 0.3 is 126 Å². The van der Waals surface area contributed by atoms with Crippen LogP contribution in [0.25, 0.3) is 0 Å². The van der Waals surface area contributed by atoms with Crippen LogP contribution in [0.2, 0.25) is 0 Å².